The van der Waals surface area contributed by atoms with Crippen LogP contribution in [-0.2, 0) is 11.3 Å². The van der Waals surface area contributed by atoms with Crippen LogP contribution in [0.3, 0.4) is 0 Å². The van der Waals surface area contributed by atoms with Gasteiger partial charge in [-0.25, -0.2) is 0 Å². The van der Waals surface area contributed by atoms with E-state index in [9.17, 15) is 0 Å². The van der Waals surface area contributed by atoms with Crippen molar-refractivity contribution in [1.82, 2.24) is 0 Å². The first-order valence-corrected chi connectivity index (χ1v) is 7.67. The highest BCUT2D eigenvalue weighted by molar-refractivity contribution is 9.10. The number of halogens is 1. The molecule has 1 fully saturated rings. The molecule has 0 spiro atoms. The molecule has 0 aliphatic heterocycles. The molecule has 2 nitrogen and oxygen atoms in total. The third-order valence-electron chi connectivity index (χ3n) is 3.51. The normalized spacial score (nSPS) is 21.2. The minimum atomic E-state index is 0.273. The Bertz CT molecular complexity index is 550. The van der Waals surface area contributed by atoms with E-state index in [0.717, 1.165) is 23.1 Å². The predicted octanol–water partition coefficient (Wildman–Crippen LogP) is 4.58. The summed E-state index contributed by atoms with van der Waals surface area (Å²) in [5.74, 6) is 0.916. The van der Waals surface area contributed by atoms with Gasteiger partial charge < -0.3 is 9.47 Å². The van der Waals surface area contributed by atoms with Crippen LogP contribution in [0.4, 0.5) is 0 Å². The first-order chi connectivity index (χ1) is 9.81. The highest BCUT2D eigenvalue weighted by Gasteiger charge is 2.31. The molecule has 0 heterocycles. The molecule has 1 aliphatic rings. The first-order valence-electron chi connectivity index (χ1n) is 6.88. The maximum Gasteiger partial charge on any atom is 0.133 e. The van der Waals surface area contributed by atoms with Crippen molar-refractivity contribution in [3.8, 4) is 5.75 Å². The van der Waals surface area contributed by atoms with E-state index in [4.69, 9.17) is 9.47 Å². The fourth-order valence-electron chi connectivity index (χ4n) is 2.26. The number of rotatable bonds is 5. The van der Waals surface area contributed by atoms with Gasteiger partial charge in [-0.05, 0) is 33.6 Å². The number of benzene rings is 2. The lowest BCUT2D eigenvalue weighted by Gasteiger charge is -2.35. The van der Waals surface area contributed by atoms with Gasteiger partial charge in [-0.15, -0.1) is 0 Å². The number of hydrogen-bond donors (Lipinski definition) is 0. The van der Waals surface area contributed by atoms with Gasteiger partial charge in [0.15, 0.2) is 0 Å². The van der Waals surface area contributed by atoms with Crippen LogP contribution < -0.4 is 4.74 Å². The molecule has 0 amide bonds. The van der Waals surface area contributed by atoms with Gasteiger partial charge in [0, 0.05) is 12.8 Å². The third kappa shape index (κ3) is 3.41. The van der Waals surface area contributed by atoms with E-state index in [-0.39, 0.29) is 6.10 Å². The molecule has 0 unspecified atom stereocenters. The number of para-hydroxylation sites is 1. The summed E-state index contributed by atoms with van der Waals surface area (Å²) in [5, 5.41) is 0. The zero-order valence-electron chi connectivity index (χ0n) is 11.2. The van der Waals surface area contributed by atoms with Crippen LogP contribution in [0.1, 0.15) is 18.4 Å². The van der Waals surface area contributed by atoms with E-state index in [1.54, 1.807) is 0 Å². The summed E-state index contributed by atoms with van der Waals surface area (Å²) in [4.78, 5) is 0. The van der Waals surface area contributed by atoms with Gasteiger partial charge in [0.25, 0.3) is 0 Å². The predicted molar refractivity (Wildman–Crippen MR) is 82.8 cm³/mol. The zero-order valence-corrected chi connectivity index (χ0v) is 12.8. The molecule has 3 heteroatoms. The minimum Gasteiger partial charge on any atom is -0.489 e. The molecule has 0 bridgehead atoms. The lowest BCUT2D eigenvalue weighted by Crippen LogP contribution is -2.39. The van der Waals surface area contributed by atoms with Crippen molar-refractivity contribution < 1.29 is 9.47 Å². The average molecular weight is 333 g/mol. The van der Waals surface area contributed by atoms with Crippen molar-refractivity contribution in [2.24, 2.45) is 0 Å². The second kappa shape index (κ2) is 6.42. The Kier molecular flexibility index (Phi) is 4.38. The SMILES string of the molecule is Brc1ccccc1OC1CC(OCc2ccccc2)C1. The summed E-state index contributed by atoms with van der Waals surface area (Å²) in [5.41, 5.74) is 1.22. The van der Waals surface area contributed by atoms with E-state index in [1.807, 2.05) is 42.5 Å². The standard InChI is InChI=1S/C17H17BrO2/c18-16-8-4-5-9-17(16)20-15-10-14(11-15)19-12-13-6-2-1-3-7-13/h1-9,14-15H,10-12H2. The van der Waals surface area contributed by atoms with Crippen molar-refractivity contribution in [3.05, 3.63) is 64.6 Å². The van der Waals surface area contributed by atoms with Crippen LogP contribution in [0.2, 0.25) is 0 Å². The summed E-state index contributed by atoms with van der Waals surface area (Å²) in [6.07, 6.45) is 2.53. The Balaban J connectivity index is 1.42. The largest absolute Gasteiger partial charge is 0.489 e. The first kappa shape index (κ1) is 13.7. The van der Waals surface area contributed by atoms with Crippen LogP contribution in [-0.4, -0.2) is 12.2 Å². The number of hydrogen-bond acceptors (Lipinski definition) is 2. The van der Waals surface area contributed by atoms with Crippen LogP contribution in [0.5, 0.6) is 5.75 Å². The van der Waals surface area contributed by atoms with Gasteiger partial charge in [-0.2, -0.15) is 0 Å². The summed E-state index contributed by atoms with van der Waals surface area (Å²) in [6, 6.07) is 18.2. The molecular formula is C17H17BrO2. The molecule has 0 aromatic heterocycles. The van der Waals surface area contributed by atoms with Gasteiger partial charge in [0.1, 0.15) is 11.9 Å². The molecule has 0 saturated heterocycles. The molecule has 3 rings (SSSR count). The summed E-state index contributed by atoms with van der Waals surface area (Å²) >= 11 is 3.50. The Morgan fingerprint density at radius 3 is 2.35 bits per heavy atom. The monoisotopic (exact) mass is 332 g/mol. The minimum absolute atomic E-state index is 0.273. The Morgan fingerprint density at radius 1 is 0.900 bits per heavy atom. The highest BCUT2D eigenvalue weighted by atomic mass is 79.9. The highest BCUT2D eigenvalue weighted by Crippen LogP contribution is 2.32. The van der Waals surface area contributed by atoms with Gasteiger partial charge in [-0.3, -0.25) is 0 Å². The van der Waals surface area contributed by atoms with Gasteiger partial charge >= 0.3 is 0 Å². The quantitative estimate of drug-likeness (QED) is 0.798. The van der Waals surface area contributed by atoms with Crippen molar-refractivity contribution in [2.75, 3.05) is 0 Å². The lowest BCUT2D eigenvalue weighted by molar-refractivity contribution is -0.0685. The van der Waals surface area contributed by atoms with Gasteiger partial charge in [0.05, 0.1) is 17.2 Å². The van der Waals surface area contributed by atoms with Crippen LogP contribution in [0.15, 0.2) is 59.1 Å². The van der Waals surface area contributed by atoms with Crippen LogP contribution >= 0.6 is 15.9 Å². The fourth-order valence-corrected chi connectivity index (χ4v) is 2.64. The molecule has 0 N–H and O–H groups in total. The zero-order chi connectivity index (χ0) is 13.8. The molecule has 1 saturated carbocycles. The van der Waals surface area contributed by atoms with Crippen LogP contribution in [0.25, 0.3) is 0 Å². The summed E-state index contributed by atoms with van der Waals surface area (Å²) in [6.45, 7) is 0.688. The van der Waals surface area contributed by atoms with E-state index in [2.05, 4.69) is 28.1 Å². The molecule has 2 aromatic rings. The summed E-state index contributed by atoms with van der Waals surface area (Å²) in [7, 11) is 0. The smallest absolute Gasteiger partial charge is 0.133 e. The van der Waals surface area contributed by atoms with E-state index < -0.39 is 0 Å². The van der Waals surface area contributed by atoms with E-state index in [0.29, 0.717) is 12.7 Å². The van der Waals surface area contributed by atoms with E-state index in [1.165, 1.54) is 5.56 Å². The molecule has 0 atom stereocenters. The van der Waals surface area contributed by atoms with Crippen LogP contribution in [0, 0.1) is 0 Å². The lowest BCUT2D eigenvalue weighted by atomic mass is 9.92. The molecule has 2 aromatic carbocycles. The topological polar surface area (TPSA) is 18.5 Å². The average Bonchev–Trinajstić information content (AvgIpc) is 2.44. The molecule has 1 aliphatic carbocycles. The Hall–Kier alpha value is -1.32. The van der Waals surface area contributed by atoms with Crippen molar-refractivity contribution in [3.63, 3.8) is 0 Å². The molecule has 0 radical (unpaired) electrons. The Morgan fingerprint density at radius 2 is 1.60 bits per heavy atom. The number of ether oxygens (including phenoxy) is 2. The second-order valence-corrected chi connectivity index (χ2v) is 5.91. The molecular weight excluding hydrogens is 316 g/mol. The van der Waals surface area contributed by atoms with Crippen molar-refractivity contribution in [2.45, 2.75) is 31.7 Å². The second-order valence-electron chi connectivity index (χ2n) is 5.06. The maximum atomic E-state index is 5.94. The summed E-state index contributed by atoms with van der Waals surface area (Å²) < 4.78 is 12.8. The Labute approximate surface area is 127 Å². The van der Waals surface area contributed by atoms with E-state index >= 15 is 0 Å². The van der Waals surface area contributed by atoms with Gasteiger partial charge in [-0.1, -0.05) is 42.5 Å². The molecule has 104 valence electrons. The third-order valence-corrected chi connectivity index (χ3v) is 4.17. The molecule has 20 heavy (non-hydrogen) atoms. The van der Waals surface area contributed by atoms with Gasteiger partial charge in [0.2, 0.25) is 0 Å². The van der Waals surface area contributed by atoms with Crippen molar-refractivity contribution >= 4 is 15.9 Å². The maximum absolute atomic E-state index is 5.94. The fraction of sp³-hybridized carbons (Fsp3) is 0.294. The van der Waals surface area contributed by atoms with Crippen molar-refractivity contribution in [1.29, 1.82) is 0 Å².